The van der Waals surface area contributed by atoms with Gasteiger partial charge < -0.3 is 4.74 Å². The smallest absolute Gasteiger partial charge is 0.0506 e. The van der Waals surface area contributed by atoms with Gasteiger partial charge in [0.1, 0.15) is 0 Å². The number of hydrogen-bond donors (Lipinski definition) is 0. The van der Waals surface area contributed by atoms with Crippen LogP contribution >= 0.6 is 11.6 Å². The van der Waals surface area contributed by atoms with E-state index < -0.39 is 0 Å². The number of alkyl halides is 1. The van der Waals surface area contributed by atoms with Crippen LogP contribution < -0.4 is 0 Å². The second kappa shape index (κ2) is 19.8. The molecule has 0 heterocycles. The molecule has 0 aliphatic carbocycles. The predicted octanol–water partition coefficient (Wildman–Crippen LogP) is 6.65. The Morgan fingerprint density at radius 2 is 1.38 bits per heavy atom. The number of rotatable bonds is 16. The Labute approximate surface area is 137 Å². The third kappa shape index (κ3) is 19.8. The largest absolute Gasteiger partial charge is 0.381 e. The van der Waals surface area contributed by atoms with Crippen LogP contribution in [0, 0.1) is 0 Å². The maximum atomic E-state index is 5.61. The van der Waals surface area contributed by atoms with Crippen molar-refractivity contribution in [1.82, 2.24) is 0 Å². The standard InChI is InChI=1S/C19H35ClO/c1-2-3-4-5-6-7-9-12-15-18-21-19-16-13-10-8-11-14-17-20/h8,13H,2-7,9,11-12,14-19H2,1H3. The van der Waals surface area contributed by atoms with E-state index in [9.17, 15) is 0 Å². The normalized spacial score (nSPS) is 10.4. The Kier molecular flexibility index (Phi) is 19.6. The molecule has 1 nitrogen and oxygen atoms in total. The lowest BCUT2D eigenvalue weighted by molar-refractivity contribution is 0.134. The van der Waals surface area contributed by atoms with Crippen LogP contribution in [0.3, 0.4) is 0 Å². The third-order valence-electron chi connectivity index (χ3n) is 3.52. The topological polar surface area (TPSA) is 9.23 Å². The van der Waals surface area contributed by atoms with Crippen LogP contribution in [0.25, 0.3) is 0 Å². The lowest BCUT2D eigenvalue weighted by Gasteiger charge is -2.03. The Bertz CT molecular complexity index is 244. The summed E-state index contributed by atoms with van der Waals surface area (Å²) in [6.07, 6.45) is 19.5. The molecule has 0 unspecified atom stereocenters. The van der Waals surface area contributed by atoms with E-state index >= 15 is 0 Å². The SMILES string of the molecule is CCCCCCCCCCCOCCC=C=CCCCCl. The van der Waals surface area contributed by atoms with E-state index in [0.717, 1.165) is 38.4 Å². The van der Waals surface area contributed by atoms with Crippen LogP contribution in [0.2, 0.25) is 0 Å². The van der Waals surface area contributed by atoms with Crippen molar-refractivity contribution in [2.45, 2.75) is 84.0 Å². The summed E-state index contributed by atoms with van der Waals surface area (Å²) >= 11 is 5.59. The fourth-order valence-corrected chi connectivity index (χ4v) is 2.34. The van der Waals surface area contributed by atoms with Crippen LogP contribution in [0.5, 0.6) is 0 Å². The first-order chi connectivity index (χ1) is 10.4. The van der Waals surface area contributed by atoms with Gasteiger partial charge >= 0.3 is 0 Å². The van der Waals surface area contributed by atoms with E-state index in [1.165, 1.54) is 57.8 Å². The summed E-state index contributed by atoms with van der Waals surface area (Å²) in [5, 5.41) is 0. The zero-order chi connectivity index (χ0) is 15.4. The van der Waals surface area contributed by atoms with Crippen molar-refractivity contribution in [1.29, 1.82) is 0 Å². The van der Waals surface area contributed by atoms with Crippen molar-refractivity contribution in [3.8, 4) is 0 Å². The Balaban J connectivity index is 3.07. The molecule has 0 rings (SSSR count). The van der Waals surface area contributed by atoms with Crippen LogP contribution in [0.1, 0.15) is 84.0 Å². The van der Waals surface area contributed by atoms with Crippen molar-refractivity contribution in [3.05, 3.63) is 17.9 Å². The minimum absolute atomic E-state index is 0.736. The van der Waals surface area contributed by atoms with Gasteiger partial charge in [-0.15, -0.1) is 17.3 Å². The molecule has 0 bridgehead atoms. The second-order valence-corrected chi connectivity index (χ2v) is 6.01. The number of ether oxygens (including phenoxy) is 1. The van der Waals surface area contributed by atoms with Gasteiger partial charge in [-0.3, -0.25) is 0 Å². The van der Waals surface area contributed by atoms with Crippen molar-refractivity contribution in [2.75, 3.05) is 19.1 Å². The maximum Gasteiger partial charge on any atom is 0.0506 e. The molecule has 0 N–H and O–H groups in total. The molecule has 0 aromatic rings. The van der Waals surface area contributed by atoms with E-state index in [0.29, 0.717) is 0 Å². The molecule has 0 radical (unpaired) electrons. The molecule has 21 heavy (non-hydrogen) atoms. The number of hydrogen-bond acceptors (Lipinski definition) is 1. The van der Waals surface area contributed by atoms with Crippen LogP contribution in [0.4, 0.5) is 0 Å². The predicted molar refractivity (Wildman–Crippen MR) is 95.3 cm³/mol. The average molecular weight is 315 g/mol. The van der Waals surface area contributed by atoms with Crippen LogP contribution in [0.15, 0.2) is 17.9 Å². The quantitative estimate of drug-likeness (QED) is 0.176. The molecule has 0 spiro atoms. The molecule has 0 saturated heterocycles. The lowest BCUT2D eigenvalue weighted by Crippen LogP contribution is -1.95. The van der Waals surface area contributed by atoms with Gasteiger partial charge in [-0.05, 0) is 37.8 Å². The van der Waals surface area contributed by atoms with Gasteiger partial charge in [0.15, 0.2) is 0 Å². The molecule has 0 aromatic heterocycles. The number of unbranched alkanes of at least 4 members (excludes halogenated alkanes) is 9. The number of halogens is 1. The van der Waals surface area contributed by atoms with Gasteiger partial charge in [-0.2, -0.15) is 0 Å². The fourth-order valence-electron chi connectivity index (χ4n) is 2.19. The zero-order valence-electron chi connectivity index (χ0n) is 14.0. The highest BCUT2D eigenvalue weighted by atomic mass is 35.5. The van der Waals surface area contributed by atoms with Crippen LogP contribution in [-0.4, -0.2) is 19.1 Å². The first-order valence-electron chi connectivity index (χ1n) is 8.95. The summed E-state index contributed by atoms with van der Waals surface area (Å²) in [6, 6.07) is 0. The second-order valence-electron chi connectivity index (χ2n) is 5.64. The summed E-state index contributed by atoms with van der Waals surface area (Å²) < 4.78 is 5.61. The highest BCUT2D eigenvalue weighted by Crippen LogP contribution is 2.09. The third-order valence-corrected chi connectivity index (χ3v) is 3.78. The molecule has 0 amide bonds. The maximum absolute atomic E-state index is 5.61. The van der Waals surface area contributed by atoms with E-state index in [4.69, 9.17) is 16.3 Å². The summed E-state index contributed by atoms with van der Waals surface area (Å²) in [7, 11) is 0. The van der Waals surface area contributed by atoms with Gasteiger partial charge in [-0.25, -0.2) is 0 Å². The Hall–Kier alpha value is -0.230. The highest BCUT2D eigenvalue weighted by molar-refractivity contribution is 6.17. The Morgan fingerprint density at radius 3 is 2.05 bits per heavy atom. The zero-order valence-corrected chi connectivity index (χ0v) is 14.8. The van der Waals surface area contributed by atoms with Gasteiger partial charge in [-0.1, -0.05) is 58.3 Å². The Morgan fingerprint density at radius 1 is 0.762 bits per heavy atom. The highest BCUT2D eigenvalue weighted by Gasteiger charge is 1.92. The van der Waals surface area contributed by atoms with Crippen molar-refractivity contribution < 1.29 is 4.74 Å². The molecule has 0 saturated carbocycles. The average Bonchev–Trinajstić information content (AvgIpc) is 2.50. The van der Waals surface area contributed by atoms with Crippen molar-refractivity contribution in [2.24, 2.45) is 0 Å². The molecule has 0 atom stereocenters. The monoisotopic (exact) mass is 314 g/mol. The molecule has 0 fully saturated rings. The fraction of sp³-hybridized carbons (Fsp3) is 0.842. The van der Waals surface area contributed by atoms with Crippen molar-refractivity contribution >= 4 is 11.6 Å². The summed E-state index contributed by atoms with van der Waals surface area (Å²) in [4.78, 5) is 0. The van der Waals surface area contributed by atoms with E-state index in [1.54, 1.807) is 0 Å². The van der Waals surface area contributed by atoms with Gasteiger partial charge in [0.05, 0.1) is 6.61 Å². The lowest BCUT2D eigenvalue weighted by atomic mass is 10.1. The van der Waals surface area contributed by atoms with Gasteiger partial charge in [0.2, 0.25) is 0 Å². The molecule has 2 heteroatoms. The van der Waals surface area contributed by atoms with Gasteiger partial charge in [0, 0.05) is 12.5 Å². The summed E-state index contributed by atoms with van der Waals surface area (Å²) in [6.45, 7) is 4.01. The van der Waals surface area contributed by atoms with Gasteiger partial charge in [0.25, 0.3) is 0 Å². The van der Waals surface area contributed by atoms with Crippen LogP contribution in [-0.2, 0) is 4.74 Å². The summed E-state index contributed by atoms with van der Waals surface area (Å²) in [5.41, 5.74) is 3.17. The first-order valence-corrected chi connectivity index (χ1v) is 9.48. The first kappa shape index (κ1) is 20.8. The van der Waals surface area contributed by atoms with E-state index in [2.05, 4.69) is 24.8 Å². The minimum Gasteiger partial charge on any atom is -0.381 e. The van der Waals surface area contributed by atoms with E-state index in [1.807, 2.05) is 0 Å². The molecular formula is C19H35ClO. The molecule has 124 valence electrons. The molecule has 0 aromatic carbocycles. The van der Waals surface area contributed by atoms with Crippen molar-refractivity contribution in [3.63, 3.8) is 0 Å². The molecular weight excluding hydrogens is 280 g/mol. The minimum atomic E-state index is 0.736. The molecule has 0 aliphatic rings. The molecule has 0 aliphatic heterocycles. The summed E-state index contributed by atoms with van der Waals surface area (Å²) in [5.74, 6) is 0.736. The van der Waals surface area contributed by atoms with E-state index in [-0.39, 0.29) is 0 Å².